The van der Waals surface area contributed by atoms with Crippen molar-refractivity contribution in [3.8, 4) is 0 Å². The van der Waals surface area contributed by atoms with E-state index in [1.165, 1.54) is 12.1 Å². The second kappa shape index (κ2) is 7.49. The molecular formula is C15H10Cl3NO3. The molecule has 2 amide bonds. The average molecular weight is 359 g/mol. The third-order valence-electron chi connectivity index (χ3n) is 2.71. The molecule has 7 heteroatoms. The lowest BCUT2D eigenvalue weighted by atomic mass is 10.2. The zero-order valence-electron chi connectivity index (χ0n) is 11.1. The molecule has 0 heterocycles. The van der Waals surface area contributed by atoms with Crippen LogP contribution in [0.25, 0.3) is 0 Å². The number of amides is 2. The van der Waals surface area contributed by atoms with Crippen LogP contribution in [0.3, 0.4) is 0 Å². The molecule has 4 nitrogen and oxygen atoms in total. The summed E-state index contributed by atoms with van der Waals surface area (Å²) in [4.78, 5) is 23.5. The van der Waals surface area contributed by atoms with Gasteiger partial charge in [0.1, 0.15) is 6.61 Å². The number of ether oxygens (including phenoxy) is 1. The molecule has 1 N–H and O–H groups in total. The Kier molecular flexibility index (Phi) is 5.66. The normalized spacial score (nSPS) is 10.1. The van der Waals surface area contributed by atoms with Gasteiger partial charge in [0.2, 0.25) is 0 Å². The molecule has 0 fully saturated rings. The van der Waals surface area contributed by atoms with Crippen molar-refractivity contribution in [3.63, 3.8) is 0 Å². The van der Waals surface area contributed by atoms with Crippen molar-refractivity contribution >= 4 is 46.8 Å². The molecule has 0 aromatic heterocycles. The van der Waals surface area contributed by atoms with Crippen molar-refractivity contribution in [1.29, 1.82) is 0 Å². The number of imide groups is 1. The number of benzene rings is 2. The van der Waals surface area contributed by atoms with Crippen LogP contribution in [0, 0.1) is 0 Å². The molecular weight excluding hydrogens is 349 g/mol. The fraction of sp³-hybridized carbons (Fsp3) is 0.0667. The fourth-order valence-corrected chi connectivity index (χ4v) is 2.31. The number of alkyl carbamates (subject to hydrolysis) is 1. The monoisotopic (exact) mass is 357 g/mol. The minimum Gasteiger partial charge on any atom is -0.444 e. The van der Waals surface area contributed by atoms with E-state index in [1.807, 2.05) is 0 Å². The zero-order valence-corrected chi connectivity index (χ0v) is 13.4. The standard InChI is InChI=1S/C15H10Cl3NO3/c16-10-6-5-9(13(18)7-10)8-22-15(21)19-14(20)11-3-1-2-4-12(11)17/h1-7H,8H2,(H,19,20,21). The lowest BCUT2D eigenvalue weighted by Crippen LogP contribution is -2.31. The topological polar surface area (TPSA) is 55.4 Å². The molecule has 114 valence electrons. The average Bonchev–Trinajstić information content (AvgIpc) is 2.46. The molecule has 2 aromatic rings. The number of nitrogens with one attached hydrogen (secondary N) is 1. The van der Waals surface area contributed by atoms with Crippen molar-refractivity contribution in [3.05, 3.63) is 68.7 Å². The quantitative estimate of drug-likeness (QED) is 0.864. The van der Waals surface area contributed by atoms with E-state index in [2.05, 4.69) is 5.32 Å². The highest BCUT2D eigenvalue weighted by Crippen LogP contribution is 2.21. The molecule has 0 saturated carbocycles. The van der Waals surface area contributed by atoms with Crippen LogP contribution >= 0.6 is 34.8 Å². The first kappa shape index (κ1) is 16.6. The Morgan fingerprint density at radius 3 is 2.41 bits per heavy atom. The van der Waals surface area contributed by atoms with Crippen LogP contribution < -0.4 is 5.32 Å². The van der Waals surface area contributed by atoms with Crippen LogP contribution in [0.2, 0.25) is 15.1 Å². The van der Waals surface area contributed by atoms with Gasteiger partial charge in [-0.05, 0) is 24.3 Å². The second-order valence-corrected chi connectivity index (χ2v) is 5.50. The van der Waals surface area contributed by atoms with E-state index in [0.717, 1.165) is 0 Å². The summed E-state index contributed by atoms with van der Waals surface area (Å²) in [7, 11) is 0. The third kappa shape index (κ3) is 4.37. The summed E-state index contributed by atoms with van der Waals surface area (Å²) in [6.07, 6.45) is -0.893. The van der Waals surface area contributed by atoms with E-state index in [0.29, 0.717) is 15.6 Å². The summed E-state index contributed by atoms with van der Waals surface area (Å²) >= 11 is 17.6. The number of rotatable bonds is 3. The maximum Gasteiger partial charge on any atom is 0.414 e. The number of halogens is 3. The fourth-order valence-electron chi connectivity index (χ4n) is 1.62. The van der Waals surface area contributed by atoms with Crippen LogP contribution in [0.1, 0.15) is 15.9 Å². The number of hydrogen-bond acceptors (Lipinski definition) is 3. The van der Waals surface area contributed by atoms with Crippen LogP contribution in [-0.4, -0.2) is 12.0 Å². The first-order valence-electron chi connectivity index (χ1n) is 6.14. The molecule has 0 aliphatic rings. The summed E-state index contributed by atoms with van der Waals surface area (Å²) in [5, 5.41) is 3.18. The van der Waals surface area contributed by atoms with Crippen LogP contribution in [0.5, 0.6) is 0 Å². The van der Waals surface area contributed by atoms with Gasteiger partial charge in [0.05, 0.1) is 10.6 Å². The van der Waals surface area contributed by atoms with Gasteiger partial charge in [-0.3, -0.25) is 10.1 Å². The zero-order chi connectivity index (χ0) is 16.1. The van der Waals surface area contributed by atoms with Crippen LogP contribution in [0.15, 0.2) is 42.5 Å². The molecule has 0 unspecified atom stereocenters. The molecule has 0 spiro atoms. The Bertz CT molecular complexity index is 719. The van der Waals surface area contributed by atoms with Gasteiger partial charge in [-0.1, -0.05) is 53.0 Å². The van der Waals surface area contributed by atoms with E-state index in [-0.39, 0.29) is 17.2 Å². The number of hydrogen-bond donors (Lipinski definition) is 1. The van der Waals surface area contributed by atoms with Gasteiger partial charge < -0.3 is 4.74 Å². The minimum atomic E-state index is -0.893. The highest BCUT2D eigenvalue weighted by molar-refractivity contribution is 6.35. The van der Waals surface area contributed by atoms with Crippen LogP contribution in [0.4, 0.5) is 4.79 Å². The molecule has 22 heavy (non-hydrogen) atoms. The Labute approximate surface area is 141 Å². The first-order chi connectivity index (χ1) is 10.5. The minimum absolute atomic E-state index is 0.0857. The molecule has 0 radical (unpaired) electrons. The van der Waals surface area contributed by atoms with Crippen molar-refractivity contribution in [1.82, 2.24) is 5.32 Å². The lowest BCUT2D eigenvalue weighted by Gasteiger charge is -2.08. The predicted octanol–water partition coefficient (Wildman–Crippen LogP) is 4.71. The van der Waals surface area contributed by atoms with Crippen molar-refractivity contribution in [2.75, 3.05) is 0 Å². The SMILES string of the molecule is O=C(NC(=O)c1ccccc1Cl)OCc1ccc(Cl)cc1Cl. The smallest absolute Gasteiger partial charge is 0.414 e. The van der Waals surface area contributed by atoms with Gasteiger partial charge in [-0.15, -0.1) is 0 Å². The first-order valence-corrected chi connectivity index (χ1v) is 7.27. The molecule has 2 aromatic carbocycles. The molecule has 0 saturated heterocycles. The van der Waals surface area contributed by atoms with E-state index in [4.69, 9.17) is 39.5 Å². The van der Waals surface area contributed by atoms with E-state index in [9.17, 15) is 9.59 Å². The predicted molar refractivity (Wildman–Crippen MR) is 85.6 cm³/mol. The molecule has 0 atom stereocenters. The molecule has 0 bridgehead atoms. The van der Waals surface area contributed by atoms with Crippen molar-refractivity contribution in [2.45, 2.75) is 6.61 Å². The summed E-state index contributed by atoms with van der Waals surface area (Å²) in [6.45, 7) is -0.0857. The van der Waals surface area contributed by atoms with E-state index in [1.54, 1.807) is 30.3 Å². The summed E-state index contributed by atoms with van der Waals surface area (Å²) in [5.74, 6) is -0.641. The Hall–Kier alpha value is -1.75. The second-order valence-electron chi connectivity index (χ2n) is 4.25. The van der Waals surface area contributed by atoms with E-state index < -0.39 is 12.0 Å². The molecule has 0 aliphatic heterocycles. The van der Waals surface area contributed by atoms with Gasteiger partial charge >= 0.3 is 6.09 Å². The molecule has 2 rings (SSSR count). The largest absolute Gasteiger partial charge is 0.444 e. The van der Waals surface area contributed by atoms with Gasteiger partial charge in [0, 0.05) is 15.6 Å². The summed E-state index contributed by atoms with van der Waals surface area (Å²) in [6, 6.07) is 11.2. The third-order valence-corrected chi connectivity index (χ3v) is 3.62. The Morgan fingerprint density at radius 2 is 1.73 bits per heavy atom. The van der Waals surface area contributed by atoms with Gasteiger partial charge in [0.25, 0.3) is 5.91 Å². The maximum absolute atomic E-state index is 11.9. The lowest BCUT2D eigenvalue weighted by molar-refractivity contribution is 0.0913. The van der Waals surface area contributed by atoms with Gasteiger partial charge in [-0.2, -0.15) is 0 Å². The number of carbonyl (C=O) groups excluding carboxylic acids is 2. The maximum atomic E-state index is 11.9. The van der Waals surface area contributed by atoms with Crippen LogP contribution in [-0.2, 0) is 11.3 Å². The van der Waals surface area contributed by atoms with Gasteiger partial charge in [0.15, 0.2) is 0 Å². The van der Waals surface area contributed by atoms with Crippen molar-refractivity contribution in [2.24, 2.45) is 0 Å². The Balaban J connectivity index is 1.93. The van der Waals surface area contributed by atoms with Gasteiger partial charge in [-0.25, -0.2) is 4.79 Å². The highest BCUT2D eigenvalue weighted by atomic mass is 35.5. The highest BCUT2D eigenvalue weighted by Gasteiger charge is 2.14. The van der Waals surface area contributed by atoms with E-state index >= 15 is 0 Å². The summed E-state index contributed by atoms with van der Waals surface area (Å²) < 4.78 is 4.94. The number of carbonyl (C=O) groups is 2. The van der Waals surface area contributed by atoms with Crippen molar-refractivity contribution < 1.29 is 14.3 Å². The summed E-state index contributed by atoms with van der Waals surface area (Å²) in [5.41, 5.74) is 0.761. The molecule has 0 aliphatic carbocycles. The Morgan fingerprint density at radius 1 is 1.00 bits per heavy atom.